The summed E-state index contributed by atoms with van der Waals surface area (Å²) in [4.78, 5) is 6.17. The third-order valence-corrected chi connectivity index (χ3v) is 4.18. The lowest BCUT2D eigenvalue weighted by atomic mass is 10.1. The van der Waals surface area contributed by atoms with Crippen LogP contribution in [-0.2, 0) is 13.0 Å². The summed E-state index contributed by atoms with van der Waals surface area (Å²) in [7, 11) is 3.67. The quantitative estimate of drug-likeness (QED) is 0.880. The Morgan fingerprint density at radius 3 is 2.80 bits per heavy atom. The largest absolute Gasteiger partial charge is 0.497 e. The maximum Gasteiger partial charge on any atom is 0.124 e. The number of nitrogens with zero attached hydrogens (tertiary/aromatic N) is 1. The number of thiazole rings is 1. The van der Waals surface area contributed by atoms with Crippen molar-refractivity contribution in [2.24, 2.45) is 5.92 Å². The first-order valence-electron chi connectivity index (χ1n) is 6.91. The lowest BCUT2D eigenvalue weighted by Gasteiger charge is -2.04. The Kier molecular flexibility index (Phi) is 5.15. The van der Waals surface area contributed by atoms with Crippen molar-refractivity contribution in [2.45, 2.75) is 26.8 Å². The maximum absolute atomic E-state index is 5.29. The van der Waals surface area contributed by atoms with Crippen LogP contribution in [0.5, 0.6) is 5.75 Å². The fourth-order valence-corrected chi connectivity index (χ4v) is 3.21. The molecule has 4 heteroatoms. The monoisotopic (exact) mass is 290 g/mol. The van der Waals surface area contributed by atoms with Gasteiger partial charge in [-0.3, -0.25) is 0 Å². The maximum atomic E-state index is 5.29. The lowest BCUT2D eigenvalue weighted by molar-refractivity contribution is 0.415. The van der Waals surface area contributed by atoms with E-state index in [0.29, 0.717) is 5.92 Å². The lowest BCUT2D eigenvalue weighted by Crippen LogP contribution is -2.07. The first-order valence-corrected chi connectivity index (χ1v) is 7.73. The molecule has 0 amide bonds. The second kappa shape index (κ2) is 6.86. The fourth-order valence-electron chi connectivity index (χ4n) is 2.11. The summed E-state index contributed by atoms with van der Waals surface area (Å²) < 4.78 is 5.29. The Hall–Kier alpha value is -1.39. The van der Waals surface area contributed by atoms with E-state index in [2.05, 4.69) is 25.2 Å². The molecule has 0 bridgehead atoms. The number of benzene rings is 1. The molecule has 0 fully saturated rings. The average Bonchev–Trinajstić information content (AvgIpc) is 2.82. The van der Waals surface area contributed by atoms with Gasteiger partial charge in [-0.05, 0) is 31.5 Å². The number of hydrogen-bond donors (Lipinski definition) is 1. The Labute approximate surface area is 125 Å². The molecule has 0 unspecified atom stereocenters. The standard InChI is InChI=1S/C16H22N2OS/c1-11(2)8-14-15(10-17-3)20-16(18-14)12-6-5-7-13(9-12)19-4/h5-7,9,11,17H,8,10H2,1-4H3. The molecule has 2 aromatic rings. The highest BCUT2D eigenvalue weighted by Gasteiger charge is 2.13. The number of hydrogen-bond acceptors (Lipinski definition) is 4. The van der Waals surface area contributed by atoms with E-state index < -0.39 is 0 Å². The van der Waals surface area contributed by atoms with Gasteiger partial charge in [0.15, 0.2) is 0 Å². The molecule has 0 aliphatic rings. The summed E-state index contributed by atoms with van der Waals surface area (Å²) in [6, 6.07) is 8.10. The summed E-state index contributed by atoms with van der Waals surface area (Å²) in [6.07, 6.45) is 1.03. The molecule has 20 heavy (non-hydrogen) atoms. The Morgan fingerprint density at radius 2 is 2.15 bits per heavy atom. The van der Waals surface area contributed by atoms with Gasteiger partial charge in [-0.2, -0.15) is 0 Å². The molecule has 108 valence electrons. The molecule has 0 spiro atoms. The van der Waals surface area contributed by atoms with Gasteiger partial charge in [-0.15, -0.1) is 11.3 Å². The number of aromatic nitrogens is 1. The van der Waals surface area contributed by atoms with Crippen LogP contribution < -0.4 is 10.1 Å². The van der Waals surface area contributed by atoms with Gasteiger partial charge in [-0.1, -0.05) is 26.0 Å². The van der Waals surface area contributed by atoms with Crippen molar-refractivity contribution in [1.29, 1.82) is 0 Å². The molecule has 0 radical (unpaired) electrons. The minimum Gasteiger partial charge on any atom is -0.497 e. The summed E-state index contributed by atoms with van der Waals surface area (Å²) >= 11 is 1.77. The van der Waals surface area contributed by atoms with Crippen molar-refractivity contribution in [3.63, 3.8) is 0 Å². The van der Waals surface area contributed by atoms with E-state index in [1.165, 1.54) is 10.6 Å². The Morgan fingerprint density at radius 1 is 1.35 bits per heavy atom. The minimum atomic E-state index is 0.617. The van der Waals surface area contributed by atoms with Gasteiger partial charge in [0.1, 0.15) is 10.8 Å². The fraction of sp³-hybridized carbons (Fsp3) is 0.438. The molecule has 1 N–H and O–H groups in total. The van der Waals surface area contributed by atoms with Crippen molar-refractivity contribution >= 4 is 11.3 Å². The first-order chi connectivity index (χ1) is 9.63. The van der Waals surface area contributed by atoms with E-state index in [0.717, 1.165) is 29.3 Å². The van der Waals surface area contributed by atoms with Crippen LogP contribution in [-0.4, -0.2) is 19.1 Å². The highest BCUT2D eigenvalue weighted by molar-refractivity contribution is 7.15. The van der Waals surface area contributed by atoms with E-state index in [1.54, 1.807) is 18.4 Å². The Bertz CT molecular complexity index is 563. The van der Waals surface area contributed by atoms with Crippen LogP contribution in [0.2, 0.25) is 0 Å². The molecule has 0 saturated carbocycles. The van der Waals surface area contributed by atoms with Crippen molar-refractivity contribution in [3.8, 4) is 16.3 Å². The van der Waals surface area contributed by atoms with Gasteiger partial charge in [0.05, 0.1) is 12.8 Å². The van der Waals surface area contributed by atoms with Crippen molar-refractivity contribution in [1.82, 2.24) is 10.3 Å². The second-order valence-corrected chi connectivity index (χ2v) is 6.33. The van der Waals surface area contributed by atoms with Crippen LogP contribution in [0.1, 0.15) is 24.4 Å². The third kappa shape index (κ3) is 3.58. The van der Waals surface area contributed by atoms with Crippen LogP contribution in [0.3, 0.4) is 0 Å². The first kappa shape index (κ1) is 15.0. The predicted octanol–water partition coefficient (Wildman–Crippen LogP) is 3.74. The van der Waals surface area contributed by atoms with Gasteiger partial charge < -0.3 is 10.1 Å². The van der Waals surface area contributed by atoms with Crippen molar-refractivity contribution in [2.75, 3.05) is 14.2 Å². The van der Waals surface area contributed by atoms with Crippen LogP contribution >= 0.6 is 11.3 Å². The zero-order chi connectivity index (χ0) is 14.5. The molecule has 2 rings (SSSR count). The average molecular weight is 290 g/mol. The SMILES string of the molecule is CNCc1sc(-c2cccc(OC)c2)nc1CC(C)C. The smallest absolute Gasteiger partial charge is 0.124 e. The van der Waals surface area contributed by atoms with Gasteiger partial charge >= 0.3 is 0 Å². The topological polar surface area (TPSA) is 34.1 Å². The van der Waals surface area contributed by atoms with Gasteiger partial charge in [0.25, 0.3) is 0 Å². The molecule has 0 atom stereocenters. The van der Waals surface area contributed by atoms with E-state index in [9.17, 15) is 0 Å². The van der Waals surface area contributed by atoms with E-state index in [-0.39, 0.29) is 0 Å². The van der Waals surface area contributed by atoms with Crippen LogP contribution in [0.15, 0.2) is 24.3 Å². The summed E-state index contributed by atoms with van der Waals surface area (Å²) in [5, 5.41) is 4.30. The zero-order valence-corrected chi connectivity index (χ0v) is 13.4. The van der Waals surface area contributed by atoms with Gasteiger partial charge in [0.2, 0.25) is 0 Å². The minimum absolute atomic E-state index is 0.617. The molecular weight excluding hydrogens is 268 g/mol. The summed E-state index contributed by atoms with van der Waals surface area (Å²) in [6.45, 7) is 5.34. The molecule has 0 aliphatic heterocycles. The van der Waals surface area contributed by atoms with Crippen molar-refractivity contribution < 1.29 is 4.74 Å². The molecule has 3 nitrogen and oxygen atoms in total. The molecular formula is C16H22N2OS. The highest BCUT2D eigenvalue weighted by Crippen LogP contribution is 2.31. The van der Waals surface area contributed by atoms with E-state index in [4.69, 9.17) is 9.72 Å². The van der Waals surface area contributed by atoms with Crippen LogP contribution in [0.4, 0.5) is 0 Å². The third-order valence-electron chi connectivity index (χ3n) is 3.03. The number of nitrogens with one attached hydrogen (secondary N) is 1. The zero-order valence-electron chi connectivity index (χ0n) is 12.6. The van der Waals surface area contributed by atoms with E-state index >= 15 is 0 Å². The Balaban J connectivity index is 2.35. The summed E-state index contributed by atoms with van der Waals surface area (Å²) in [5.74, 6) is 1.49. The predicted molar refractivity (Wildman–Crippen MR) is 85.4 cm³/mol. The van der Waals surface area contributed by atoms with Crippen LogP contribution in [0.25, 0.3) is 10.6 Å². The van der Waals surface area contributed by atoms with Gasteiger partial charge in [0, 0.05) is 17.0 Å². The number of rotatable bonds is 6. The number of ether oxygens (including phenoxy) is 1. The van der Waals surface area contributed by atoms with Crippen LogP contribution in [0, 0.1) is 5.92 Å². The van der Waals surface area contributed by atoms with Gasteiger partial charge in [-0.25, -0.2) is 4.98 Å². The molecule has 0 aliphatic carbocycles. The molecule has 0 saturated heterocycles. The second-order valence-electron chi connectivity index (χ2n) is 5.25. The summed E-state index contributed by atoms with van der Waals surface area (Å²) in [5.41, 5.74) is 2.35. The van der Waals surface area contributed by atoms with Crippen molar-refractivity contribution in [3.05, 3.63) is 34.8 Å². The molecule has 1 aromatic carbocycles. The van der Waals surface area contributed by atoms with E-state index in [1.807, 2.05) is 25.2 Å². The molecule has 1 heterocycles. The molecule has 1 aromatic heterocycles. The normalized spacial score (nSPS) is 11.1. The number of methoxy groups -OCH3 is 1. The highest BCUT2D eigenvalue weighted by atomic mass is 32.1.